The van der Waals surface area contributed by atoms with Crippen molar-refractivity contribution in [3.05, 3.63) is 59.4 Å². The quantitative estimate of drug-likeness (QED) is 0.929. The van der Waals surface area contributed by atoms with Crippen molar-refractivity contribution in [1.82, 2.24) is 4.98 Å². The standard InChI is InChI=1S/C17H21NO2/c1-17(2,3)15-8-6-5-7-14(15)16(19)12-9-13(20-4)11-18-10-12/h5-11,16,19H,1-4H3. The maximum Gasteiger partial charge on any atom is 0.137 e. The van der Waals surface area contributed by atoms with Gasteiger partial charge in [-0.05, 0) is 22.6 Å². The maximum atomic E-state index is 10.7. The molecule has 2 rings (SSSR count). The van der Waals surface area contributed by atoms with Crippen molar-refractivity contribution in [2.75, 3.05) is 7.11 Å². The van der Waals surface area contributed by atoms with Gasteiger partial charge in [0.25, 0.3) is 0 Å². The molecule has 0 aliphatic heterocycles. The summed E-state index contributed by atoms with van der Waals surface area (Å²) in [7, 11) is 1.59. The van der Waals surface area contributed by atoms with E-state index in [2.05, 4.69) is 31.8 Å². The Morgan fingerprint density at radius 3 is 2.50 bits per heavy atom. The molecule has 3 nitrogen and oxygen atoms in total. The monoisotopic (exact) mass is 271 g/mol. The topological polar surface area (TPSA) is 42.4 Å². The van der Waals surface area contributed by atoms with Crippen LogP contribution in [0.4, 0.5) is 0 Å². The van der Waals surface area contributed by atoms with E-state index in [9.17, 15) is 5.11 Å². The molecule has 0 saturated heterocycles. The minimum absolute atomic E-state index is 0.0239. The van der Waals surface area contributed by atoms with Gasteiger partial charge in [0, 0.05) is 11.8 Å². The van der Waals surface area contributed by atoms with E-state index in [-0.39, 0.29) is 5.41 Å². The molecule has 0 radical (unpaired) electrons. The molecule has 0 aliphatic rings. The predicted molar refractivity (Wildman–Crippen MR) is 80.0 cm³/mol. The smallest absolute Gasteiger partial charge is 0.137 e. The Kier molecular flexibility index (Phi) is 4.09. The Morgan fingerprint density at radius 1 is 1.15 bits per heavy atom. The Morgan fingerprint density at radius 2 is 1.85 bits per heavy atom. The molecule has 1 aromatic heterocycles. The summed E-state index contributed by atoms with van der Waals surface area (Å²) < 4.78 is 5.16. The van der Waals surface area contributed by atoms with Crippen molar-refractivity contribution in [3.63, 3.8) is 0 Å². The highest BCUT2D eigenvalue weighted by atomic mass is 16.5. The van der Waals surface area contributed by atoms with E-state index in [1.807, 2.05) is 24.3 Å². The normalized spacial score (nSPS) is 13.1. The van der Waals surface area contributed by atoms with Gasteiger partial charge in [0.05, 0.1) is 13.3 Å². The second-order valence-electron chi connectivity index (χ2n) is 5.90. The molecular weight excluding hydrogens is 250 g/mol. The number of hydrogen-bond acceptors (Lipinski definition) is 3. The molecular formula is C17H21NO2. The number of benzene rings is 1. The average molecular weight is 271 g/mol. The number of rotatable bonds is 3. The molecule has 1 N–H and O–H groups in total. The first kappa shape index (κ1) is 14.5. The Balaban J connectivity index is 2.45. The number of hydrogen-bond donors (Lipinski definition) is 1. The molecule has 1 aromatic carbocycles. The first-order valence-corrected chi connectivity index (χ1v) is 6.70. The summed E-state index contributed by atoms with van der Waals surface area (Å²) in [5, 5.41) is 10.7. The number of pyridine rings is 1. The van der Waals surface area contributed by atoms with Crippen LogP contribution in [0, 0.1) is 0 Å². The van der Waals surface area contributed by atoms with E-state index >= 15 is 0 Å². The van der Waals surface area contributed by atoms with Crippen molar-refractivity contribution in [2.24, 2.45) is 0 Å². The molecule has 2 aromatic rings. The van der Waals surface area contributed by atoms with E-state index in [1.165, 1.54) is 0 Å². The lowest BCUT2D eigenvalue weighted by molar-refractivity contribution is 0.216. The third-order valence-corrected chi connectivity index (χ3v) is 3.35. The maximum absolute atomic E-state index is 10.7. The molecule has 3 heteroatoms. The van der Waals surface area contributed by atoms with Gasteiger partial charge in [-0.2, -0.15) is 0 Å². The van der Waals surface area contributed by atoms with Crippen LogP contribution in [-0.2, 0) is 5.41 Å². The summed E-state index contributed by atoms with van der Waals surface area (Å²) >= 11 is 0. The lowest BCUT2D eigenvalue weighted by atomic mass is 9.81. The van der Waals surface area contributed by atoms with E-state index in [0.29, 0.717) is 5.75 Å². The molecule has 0 fully saturated rings. The van der Waals surface area contributed by atoms with Crippen LogP contribution in [0.15, 0.2) is 42.7 Å². The lowest BCUT2D eigenvalue weighted by Crippen LogP contribution is -2.16. The third-order valence-electron chi connectivity index (χ3n) is 3.35. The number of methoxy groups -OCH3 is 1. The minimum atomic E-state index is -0.701. The summed E-state index contributed by atoms with van der Waals surface area (Å²) in [6.07, 6.45) is 2.60. The lowest BCUT2D eigenvalue weighted by Gasteiger charge is -2.25. The molecule has 106 valence electrons. The predicted octanol–water partition coefficient (Wildman–Crippen LogP) is 3.47. The zero-order valence-corrected chi connectivity index (χ0v) is 12.4. The summed E-state index contributed by atoms with van der Waals surface area (Å²) in [5.74, 6) is 0.648. The average Bonchev–Trinajstić information content (AvgIpc) is 2.45. The SMILES string of the molecule is COc1cncc(C(O)c2ccccc2C(C)(C)C)c1. The van der Waals surface area contributed by atoms with Gasteiger partial charge in [0.15, 0.2) is 0 Å². The van der Waals surface area contributed by atoms with Gasteiger partial charge in [-0.25, -0.2) is 0 Å². The van der Waals surface area contributed by atoms with Crippen molar-refractivity contribution in [1.29, 1.82) is 0 Å². The second kappa shape index (κ2) is 5.63. The zero-order valence-electron chi connectivity index (χ0n) is 12.4. The Labute approximate surface area is 120 Å². The summed E-state index contributed by atoms with van der Waals surface area (Å²) in [4.78, 5) is 4.11. The van der Waals surface area contributed by atoms with Crippen LogP contribution in [0.2, 0.25) is 0 Å². The number of aromatic nitrogens is 1. The van der Waals surface area contributed by atoms with Crippen LogP contribution in [0.5, 0.6) is 5.75 Å². The molecule has 0 amide bonds. The van der Waals surface area contributed by atoms with Gasteiger partial charge in [-0.3, -0.25) is 4.98 Å². The van der Waals surface area contributed by atoms with Gasteiger partial charge in [-0.1, -0.05) is 45.0 Å². The first-order chi connectivity index (χ1) is 9.43. The summed E-state index contributed by atoms with van der Waals surface area (Å²) in [6.45, 7) is 6.42. The van der Waals surface area contributed by atoms with Gasteiger partial charge in [0.1, 0.15) is 11.9 Å². The van der Waals surface area contributed by atoms with E-state index in [4.69, 9.17) is 4.74 Å². The Bertz CT molecular complexity index is 588. The van der Waals surface area contributed by atoms with Crippen LogP contribution < -0.4 is 4.74 Å². The number of ether oxygens (including phenoxy) is 1. The highest BCUT2D eigenvalue weighted by molar-refractivity contribution is 5.40. The van der Waals surface area contributed by atoms with Crippen LogP contribution in [-0.4, -0.2) is 17.2 Å². The fourth-order valence-corrected chi connectivity index (χ4v) is 2.29. The molecule has 0 bridgehead atoms. The molecule has 0 spiro atoms. The molecule has 1 atom stereocenters. The number of aliphatic hydroxyl groups excluding tert-OH is 1. The fourth-order valence-electron chi connectivity index (χ4n) is 2.29. The van der Waals surface area contributed by atoms with Crippen LogP contribution in [0.25, 0.3) is 0 Å². The van der Waals surface area contributed by atoms with E-state index in [1.54, 1.807) is 19.5 Å². The van der Waals surface area contributed by atoms with Crippen molar-refractivity contribution in [3.8, 4) is 5.75 Å². The van der Waals surface area contributed by atoms with Crippen molar-refractivity contribution < 1.29 is 9.84 Å². The zero-order chi connectivity index (χ0) is 14.8. The van der Waals surface area contributed by atoms with E-state index in [0.717, 1.165) is 16.7 Å². The minimum Gasteiger partial charge on any atom is -0.495 e. The Hall–Kier alpha value is -1.87. The largest absolute Gasteiger partial charge is 0.495 e. The highest BCUT2D eigenvalue weighted by Crippen LogP contribution is 2.33. The van der Waals surface area contributed by atoms with Gasteiger partial charge in [-0.15, -0.1) is 0 Å². The molecule has 20 heavy (non-hydrogen) atoms. The number of nitrogens with zero attached hydrogens (tertiary/aromatic N) is 1. The van der Waals surface area contributed by atoms with Crippen molar-refractivity contribution >= 4 is 0 Å². The number of aliphatic hydroxyl groups is 1. The van der Waals surface area contributed by atoms with Crippen LogP contribution >= 0.6 is 0 Å². The van der Waals surface area contributed by atoms with Crippen LogP contribution in [0.1, 0.15) is 43.6 Å². The first-order valence-electron chi connectivity index (χ1n) is 6.70. The summed E-state index contributed by atoms with van der Waals surface area (Å²) in [6, 6.07) is 9.79. The highest BCUT2D eigenvalue weighted by Gasteiger charge is 2.22. The van der Waals surface area contributed by atoms with Crippen molar-refractivity contribution in [2.45, 2.75) is 32.3 Å². The molecule has 1 unspecified atom stereocenters. The third kappa shape index (κ3) is 2.99. The molecule has 0 aliphatic carbocycles. The summed E-state index contributed by atoms with van der Waals surface area (Å²) in [5.41, 5.74) is 2.76. The van der Waals surface area contributed by atoms with Crippen LogP contribution in [0.3, 0.4) is 0 Å². The molecule has 0 saturated carbocycles. The van der Waals surface area contributed by atoms with E-state index < -0.39 is 6.10 Å². The molecule has 1 heterocycles. The van der Waals surface area contributed by atoms with Gasteiger partial charge in [0.2, 0.25) is 0 Å². The van der Waals surface area contributed by atoms with Gasteiger partial charge < -0.3 is 9.84 Å². The second-order valence-corrected chi connectivity index (χ2v) is 5.90. The fraction of sp³-hybridized carbons (Fsp3) is 0.353. The van der Waals surface area contributed by atoms with Gasteiger partial charge >= 0.3 is 0 Å².